The van der Waals surface area contributed by atoms with Crippen LogP contribution in [0.2, 0.25) is 0 Å². The highest BCUT2D eigenvalue weighted by Crippen LogP contribution is 2.22. The van der Waals surface area contributed by atoms with Gasteiger partial charge in [0.1, 0.15) is 11.4 Å². The maximum Gasteiger partial charge on any atom is 0.357 e. The molecule has 5 aromatic rings. The predicted octanol–water partition coefficient (Wildman–Crippen LogP) is 4.85. The van der Waals surface area contributed by atoms with Gasteiger partial charge >= 0.3 is 16.9 Å². The fourth-order valence-corrected chi connectivity index (χ4v) is 4.36. The molecule has 0 aliphatic heterocycles. The lowest BCUT2D eigenvalue weighted by atomic mass is 10.2. The smallest absolute Gasteiger partial charge is 0.357 e. The van der Waals surface area contributed by atoms with Gasteiger partial charge in [-0.3, -0.25) is 19.5 Å². The zero-order valence-electron chi connectivity index (χ0n) is 21.8. The molecule has 0 aliphatic carbocycles. The van der Waals surface area contributed by atoms with Crippen molar-refractivity contribution in [3.63, 3.8) is 0 Å². The second-order valence-corrected chi connectivity index (χ2v) is 9.02. The summed E-state index contributed by atoms with van der Waals surface area (Å²) in [6.07, 6.45) is 3.80. The minimum Gasteiger partial charge on any atom is -0.497 e. The van der Waals surface area contributed by atoms with Crippen LogP contribution in [0.5, 0.6) is 5.75 Å². The third kappa shape index (κ3) is 5.59. The Bertz CT molecular complexity index is 1830. The second kappa shape index (κ2) is 11.7. The van der Waals surface area contributed by atoms with Gasteiger partial charge < -0.3 is 4.74 Å². The Labute approximate surface area is 233 Å². The summed E-state index contributed by atoms with van der Waals surface area (Å²) in [6.45, 7) is -0.172. The van der Waals surface area contributed by atoms with E-state index in [9.17, 15) is 19.7 Å². The molecule has 41 heavy (non-hydrogen) atoms. The zero-order chi connectivity index (χ0) is 28.9. The summed E-state index contributed by atoms with van der Waals surface area (Å²) in [6, 6.07) is 23.5. The molecule has 0 radical (unpaired) electrons. The topological polar surface area (TPSA) is 114 Å². The molecule has 0 fully saturated rings. The molecule has 3 aromatic carbocycles. The molecule has 0 saturated heterocycles. The van der Waals surface area contributed by atoms with Gasteiger partial charge in [0.2, 0.25) is 6.30 Å². The van der Waals surface area contributed by atoms with Gasteiger partial charge in [0.05, 0.1) is 30.5 Å². The van der Waals surface area contributed by atoms with E-state index in [1.165, 1.54) is 37.6 Å². The molecule has 2 aromatic heterocycles. The average Bonchev–Trinajstić information content (AvgIpc) is 3.48. The fraction of sp³-hybridized carbons (Fsp3) is 0.100. The van der Waals surface area contributed by atoms with Gasteiger partial charge in [-0.15, -0.1) is 0 Å². The molecular weight excluding hydrogens is 529 g/mol. The first-order valence-corrected chi connectivity index (χ1v) is 12.5. The Morgan fingerprint density at radius 3 is 2.27 bits per heavy atom. The third-order valence-electron chi connectivity index (χ3n) is 6.43. The van der Waals surface area contributed by atoms with Crippen LogP contribution in [0.4, 0.5) is 10.1 Å². The Hall–Kier alpha value is -5.58. The number of nitro groups is 1. The number of alkyl halides is 1. The number of rotatable bonds is 9. The summed E-state index contributed by atoms with van der Waals surface area (Å²) >= 11 is 0. The van der Waals surface area contributed by atoms with Crippen molar-refractivity contribution in [2.45, 2.75) is 12.8 Å². The molecular formula is C30H24FN5O5. The predicted molar refractivity (Wildman–Crippen MR) is 152 cm³/mol. The Kier molecular flexibility index (Phi) is 7.68. The van der Waals surface area contributed by atoms with E-state index in [-0.39, 0.29) is 22.4 Å². The number of hydrogen-bond donors (Lipinski definition) is 0. The normalized spacial score (nSPS) is 12.0. The van der Waals surface area contributed by atoms with Crippen molar-refractivity contribution in [3.8, 4) is 11.4 Å². The molecule has 0 aliphatic rings. The van der Waals surface area contributed by atoms with Crippen LogP contribution in [0.25, 0.3) is 17.8 Å². The zero-order valence-corrected chi connectivity index (χ0v) is 21.8. The van der Waals surface area contributed by atoms with Gasteiger partial charge in [-0.25, -0.2) is 18.4 Å². The lowest BCUT2D eigenvalue weighted by molar-refractivity contribution is -0.387. The van der Waals surface area contributed by atoms with Crippen LogP contribution in [-0.4, -0.2) is 30.9 Å². The monoisotopic (exact) mass is 553 g/mol. The Morgan fingerprint density at radius 1 is 0.976 bits per heavy atom. The molecule has 206 valence electrons. The fourth-order valence-electron chi connectivity index (χ4n) is 4.36. The van der Waals surface area contributed by atoms with Gasteiger partial charge in [-0.05, 0) is 42.0 Å². The van der Waals surface area contributed by atoms with E-state index in [2.05, 4.69) is 5.10 Å². The van der Waals surface area contributed by atoms with Crippen molar-refractivity contribution in [1.82, 2.24) is 18.9 Å². The lowest BCUT2D eigenvalue weighted by Crippen LogP contribution is -2.43. The van der Waals surface area contributed by atoms with E-state index in [1.54, 1.807) is 53.3 Å². The van der Waals surface area contributed by atoms with Crippen molar-refractivity contribution < 1.29 is 14.1 Å². The Balaban J connectivity index is 1.67. The van der Waals surface area contributed by atoms with Crippen LogP contribution < -0.4 is 16.0 Å². The molecule has 0 spiro atoms. The van der Waals surface area contributed by atoms with Gasteiger partial charge in [0.25, 0.3) is 0 Å². The molecule has 0 saturated carbocycles. The number of aromatic nitrogens is 4. The number of para-hydroxylation sites is 1. The summed E-state index contributed by atoms with van der Waals surface area (Å²) in [5, 5.41) is 16.5. The maximum absolute atomic E-state index is 15.7. The SMILES string of the molecule is COc1ccc(Cn2c(C=Cc3cnn(-c4ccccc4)c3)c([N+](=O)[O-])c(=O)n(C(F)c3ccccc3)c2=O)cc1. The number of halogens is 1. The minimum absolute atomic E-state index is 0.00798. The molecule has 5 rings (SSSR count). The summed E-state index contributed by atoms with van der Waals surface area (Å²) < 4.78 is 23.8. The van der Waals surface area contributed by atoms with E-state index in [1.807, 2.05) is 30.3 Å². The summed E-state index contributed by atoms with van der Waals surface area (Å²) in [5.41, 5.74) is -1.64. The standard InChI is InChI=1S/C30H24FN5O5/c1-41-25-15-12-21(13-16-25)19-33-26(17-14-22-18-32-34(20-22)24-10-6-3-7-11-24)27(36(39)40)29(37)35(30(33)38)28(31)23-8-4-2-5-9-23/h2-18,20,28H,19H2,1H3. The summed E-state index contributed by atoms with van der Waals surface area (Å²) in [5.74, 6) is 0.570. The van der Waals surface area contributed by atoms with Gasteiger partial charge in [0, 0.05) is 17.3 Å². The second-order valence-electron chi connectivity index (χ2n) is 9.02. The number of methoxy groups -OCH3 is 1. The lowest BCUT2D eigenvalue weighted by Gasteiger charge is -2.17. The van der Waals surface area contributed by atoms with Crippen LogP contribution in [0.1, 0.15) is 28.7 Å². The quantitative estimate of drug-likeness (QED) is 0.191. The van der Waals surface area contributed by atoms with Crippen molar-refractivity contribution >= 4 is 17.8 Å². The number of hydrogen-bond acceptors (Lipinski definition) is 6. The van der Waals surface area contributed by atoms with E-state index in [4.69, 9.17) is 4.74 Å². The molecule has 11 heteroatoms. The highest BCUT2D eigenvalue weighted by Gasteiger charge is 2.30. The van der Waals surface area contributed by atoms with Crippen LogP contribution in [0.15, 0.2) is 107 Å². The van der Waals surface area contributed by atoms with Crippen molar-refractivity contribution in [1.29, 1.82) is 0 Å². The van der Waals surface area contributed by atoms with E-state index < -0.39 is 28.2 Å². The minimum atomic E-state index is -2.24. The molecule has 0 N–H and O–H groups in total. The average molecular weight is 554 g/mol. The van der Waals surface area contributed by atoms with Gasteiger partial charge in [-0.1, -0.05) is 60.7 Å². The van der Waals surface area contributed by atoms with E-state index in [0.29, 0.717) is 16.9 Å². The highest BCUT2D eigenvalue weighted by molar-refractivity contribution is 5.71. The highest BCUT2D eigenvalue weighted by atomic mass is 19.1. The first kappa shape index (κ1) is 27.0. The molecule has 0 amide bonds. The molecule has 1 unspecified atom stereocenters. The van der Waals surface area contributed by atoms with Crippen molar-refractivity contribution in [2.75, 3.05) is 7.11 Å². The number of benzene rings is 3. The maximum atomic E-state index is 15.7. The third-order valence-corrected chi connectivity index (χ3v) is 6.43. The van der Waals surface area contributed by atoms with Crippen LogP contribution >= 0.6 is 0 Å². The van der Waals surface area contributed by atoms with E-state index in [0.717, 1.165) is 10.3 Å². The van der Waals surface area contributed by atoms with Gasteiger partial charge in [0.15, 0.2) is 0 Å². The molecule has 2 heterocycles. The van der Waals surface area contributed by atoms with Gasteiger partial charge in [-0.2, -0.15) is 5.10 Å². The summed E-state index contributed by atoms with van der Waals surface area (Å²) in [4.78, 5) is 38.4. The Morgan fingerprint density at radius 2 is 1.63 bits per heavy atom. The first-order valence-electron chi connectivity index (χ1n) is 12.5. The van der Waals surface area contributed by atoms with Crippen LogP contribution in [-0.2, 0) is 6.54 Å². The molecule has 1 atom stereocenters. The van der Waals surface area contributed by atoms with Crippen molar-refractivity contribution in [3.05, 3.63) is 151 Å². The number of nitrogens with zero attached hydrogens (tertiary/aromatic N) is 5. The number of ether oxygens (including phenoxy) is 1. The van der Waals surface area contributed by atoms with Crippen molar-refractivity contribution in [2.24, 2.45) is 0 Å². The largest absolute Gasteiger partial charge is 0.497 e. The first-order chi connectivity index (χ1) is 19.9. The van der Waals surface area contributed by atoms with E-state index >= 15 is 4.39 Å². The summed E-state index contributed by atoms with van der Waals surface area (Å²) in [7, 11) is 1.51. The van der Waals surface area contributed by atoms with Crippen LogP contribution in [0, 0.1) is 10.1 Å². The molecule has 0 bridgehead atoms. The molecule has 10 nitrogen and oxygen atoms in total. The van der Waals surface area contributed by atoms with Crippen LogP contribution in [0.3, 0.4) is 0 Å².